The van der Waals surface area contributed by atoms with Gasteiger partial charge >= 0.3 is 0 Å². The fourth-order valence-corrected chi connectivity index (χ4v) is 2.84. The third kappa shape index (κ3) is 3.82. The second kappa shape index (κ2) is 6.91. The third-order valence-electron chi connectivity index (χ3n) is 4.11. The molecule has 0 atom stereocenters. The van der Waals surface area contributed by atoms with E-state index in [1.165, 1.54) is 43.5 Å². The topological polar surface area (TPSA) is 29.3 Å². The van der Waals surface area contributed by atoms with Crippen LogP contribution in [0.1, 0.15) is 30.9 Å². The third-order valence-corrected chi connectivity index (χ3v) is 4.11. The monoisotopic (exact) mass is 246 g/mol. The van der Waals surface area contributed by atoms with Crippen molar-refractivity contribution >= 4 is 0 Å². The van der Waals surface area contributed by atoms with Gasteiger partial charge in [-0.15, -0.1) is 0 Å². The summed E-state index contributed by atoms with van der Waals surface area (Å²) < 4.78 is 0. The maximum absolute atomic E-state index is 5.60. The van der Waals surface area contributed by atoms with E-state index in [-0.39, 0.29) is 0 Å². The van der Waals surface area contributed by atoms with Crippen molar-refractivity contribution in [2.24, 2.45) is 11.7 Å². The van der Waals surface area contributed by atoms with Gasteiger partial charge in [0.05, 0.1) is 0 Å². The lowest BCUT2D eigenvalue weighted by atomic mass is 9.90. The molecule has 0 spiro atoms. The zero-order valence-corrected chi connectivity index (χ0v) is 11.6. The first kappa shape index (κ1) is 13.6. The van der Waals surface area contributed by atoms with E-state index in [0.717, 1.165) is 25.4 Å². The molecular formula is C16H26N2. The quantitative estimate of drug-likeness (QED) is 0.865. The number of hydrogen-bond donors (Lipinski definition) is 1. The van der Waals surface area contributed by atoms with Gasteiger partial charge in [0.25, 0.3) is 0 Å². The molecular weight excluding hydrogens is 220 g/mol. The van der Waals surface area contributed by atoms with Gasteiger partial charge in [0.2, 0.25) is 0 Å². The summed E-state index contributed by atoms with van der Waals surface area (Å²) in [5, 5.41) is 0. The molecule has 0 unspecified atom stereocenters. The van der Waals surface area contributed by atoms with Crippen molar-refractivity contribution in [2.45, 2.75) is 32.6 Å². The highest BCUT2D eigenvalue weighted by atomic mass is 15.1. The van der Waals surface area contributed by atoms with Crippen LogP contribution in [0.25, 0.3) is 0 Å². The minimum absolute atomic E-state index is 0.795. The molecule has 0 aliphatic carbocycles. The van der Waals surface area contributed by atoms with Crippen LogP contribution in [-0.2, 0) is 12.8 Å². The zero-order chi connectivity index (χ0) is 12.8. The summed E-state index contributed by atoms with van der Waals surface area (Å²) in [5.41, 5.74) is 8.55. The van der Waals surface area contributed by atoms with E-state index in [9.17, 15) is 0 Å². The Morgan fingerprint density at radius 2 is 1.72 bits per heavy atom. The molecule has 1 aromatic carbocycles. The molecule has 0 aromatic heterocycles. The normalized spacial score (nSPS) is 18.1. The van der Waals surface area contributed by atoms with Gasteiger partial charge in [-0.25, -0.2) is 0 Å². The summed E-state index contributed by atoms with van der Waals surface area (Å²) in [5.74, 6) is 0.867. The van der Waals surface area contributed by atoms with E-state index in [1.807, 2.05) is 0 Å². The molecule has 18 heavy (non-hydrogen) atoms. The van der Waals surface area contributed by atoms with Crippen LogP contribution in [0.2, 0.25) is 0 Å². The van der Waals surface area contributed by atoms with Crippen LogP contribution in [0.3, 0.4) is 0 Å². The van der Waals surface area contributed by atoms with Gasteiger partial charge in [-0.1, -0.05) is 31.2 Å². The van der Waals surface area contributed by atoms with Gasteiger partial charge in [-0.05, 0) is 55.8 Å². The summed E-state index contributed by atoms with van der Waals surface area (Å²) in [7, 11) is 0. The van der Waals surface area contributed by atoms with Crippen LogP contribution in [-0.4, -0.2) is 31.1 Å². The first-order chi connectivity index (χ1) is 8.81. The number of likely N-dealkylation sites (tertiary alicyclic amines) is 1. The SMILES string of the molecule is CCc1ccc(CC2CCN(CCN)CC2)cc1. The molecule has 0 saturated carbocycles. The number of rotatable bonds is 5. The summed E-state index contributed by atoms with van der Waals surface area (Å²) in [4.78, 5) is 2.50. The molecule has 100 valence electrons. The largest absolute Gasteiger partial charge is 0.329 e. The number of nitrogens with two attached hydrogens (primary N) is 1. The smallest absolute Gasteiger partial charge is 0.0105 e. The van der Waals surface area contributed by atoms with Crippen molar-refractivity contribution in [3.63, 3.8) is 0 Å². The summed E-state index contributed by atoms with van der Waals surface area (Å²) in [6.07, 6.45) is 5.04. The number of piperidine rings is 1. The van der Waals surface area contributed by atoms with Crippen LogP contribution < -0.4 is 5.73 Å². The number of nitrogens with zero attached hydrogens (tertiary/aromatic N) is 1. The lowest BCUT2D eigenvalue weighted by Gasteiger charge is -2.31. The Morgan fingerprint density at radius 3 is 2.28 bits per heavy atom. The molecule has 1 saturated heterocycles. The molecule has 0 bridgehead atoms. The molecule has 1 aliphatic heterocycles. The Labute approximate surface area is 111 Å². The summed E-state index contributed by atoms with van der Waals surface area (Å²) >= 11 is 0. The van der Waals surface area contributed by atoms with Crippen LogP contribution in [0.15, 0.2) is 24.3 Å². The summed E-state index contributed by atoms with van der Waals surface area (Å²) in [6.45, 7) is 6.53. The Hall–Kier alpha value is -0.860. The number of hydrogen-bond acceptors (Lipinski definition) is 2. The molecule has 2 nitrogen and oxygen atoms in total. The van der Waals surface area contributed by atoms with Gasteiger partial charge in [0.1, 0.15) is 0 Å². The Kier molecular flexibility index (Phi) is 5.21. The van der Waals surface area contributed by atoms with Gasteiger partial charge in [-0.2, -0.15) is 0 Å². The van der Waals surface area contributed by atoms with Crippen molar-refractivity contribution in [3.05, 3.63) is 35.4 Å². The second-order valence-electron chi connectivity index (χ2n) is 5.45. The fraction of sp³-hybridized carbons (Fsp3) is 0.625. The Balaban J connectivity index is 1.80. The summed E-state index contributed by atoms with van der Waals surface area (Å²) in [6, 6.07) is 9.17. The van der Waals surface area contributed by atoms with Crippen LogP contribution in [0.4, 0.5) is 0 Å². The minimum Gasteiger partial charge on any atom is -0.329 e. The molecule has 2 N–H and O–H groups in total. The highest BCUT2D eigenvalue weighted by Gasteiger charge is 2.18. The maximum atomic E-state index is 5.60. The Morgan fingerprint density at radius 1 is 1.11 bits per heavy atom. The van der Waals surface area contributed by atoms with Crippen molar-refractivity contribution < 1.29 is 0 Å². The maximum Gasteiger partial charge on any atom is 0.0105 e. The average Bonchev–Trinajstić information content (AvgIpc) is 2.42. The van der Waals surface area contributed by atoms with E-state index in [4.69, 9.17) is 5.73 Å². The lowest BCUT2D eigenvalue weighted by Crippen LogP contribution is -2.37. The number of aryl methyl sites for hydroxylation is 1. The van der Waals surface area contributed by atoms with E-state index < -0.39 is 0 Å². The molecule has 1 fully saturated rings. The standard InChI is InChI=1S/C16H26N2/c1-2-14-3-5-15(6-4-14)13-16-7-10-18(11-8-16)12-9-17/h3-6,16H,2,7-13,17H2,1H3. The van der Waals surface area contributed by atoms with Crippen LogP contribution in [0, 0.1) is 5.92 Å². The van der Waals surface area contributed by atoms with E-state index in [0.29, 0.717) is 0 Å². The Bertz CT molecular complexity index is 337. The molecule has 2 rings (SSSR count). The van der Waals surface area contributed by atoms with E-state index in [1.54, 1.807) is 0 Å². The highest BCUT2D eigenvalue weighted by molar-refractivity contribution is 5.22. The lowest BCUT2D eigenvalue weighted by molar-refractivity contribution is 0.188. The molecule has 2 heteroatoms. The van der Waals surface area contributed by atoms with Crippen LogP contribution in [0.5, 0.6) is 0 Å². The fourth-order valence-electron chi connectivity index (χ4n) is 2.84. The van der Waals surface area contributed by atoms with Crippen molar-refractivity contribution in [1.29, 1.82) is 0 Å². The van der Waals surface area contributed by atoms with E-state index >= 15 is 0 Å². The molecule has 1 aromatic rings. The van der Waals surface area contributed by atoms with Crippen molar-refractivity contribution in [1.82, 2.24) is 4.90 Å². The van der Waals surface area contributed by atoms with Gasteiger partial charge in [0, 0.05) is 13.1 Å². The first-order valence-electron chi connectivity index (χ1n) is 7.32. The predicted molar refractivity (Wildman–Crippen MR) is 77.7 cm³/mol. The average molecular weight is 246 g/mol. The minimum atomic E-state index is 0.795. The predicted octanol–water partition coefficient (Wildman–Crippen LogP) is 2.46. The van der Waals surface area contributed by atoms with Crippen molar-refractivity contribution in [3.8, 4) is 0 Å². The van der Waals surface area contributed by atoms with E-state index in [2.05, 4.69) is 36.1 Å². The van der Waals surface area contributed by atoms with Gasteiger partial charge in [0.15, 0.2) is 0 Å². The molecule has 0 amide bonds. The van der Waals surface area contributed by atoms with Gasteiger partial charge < -0.3 is 10.6 Å². The van der Waals surface area contributed by atoms with Gasteiger partial charge in [-0.3, -0.25) is 0 Å². The highest BCUT2D eigenvalue weighted by Crippen LogP contribution is 2.21. The van der Waals surface area contributed by atoms with Crippen LogP contribution >= 0.6 is 0 Å². The first-order valence-corrected chi connectivity index (χ1v) is 7.32. The molecule has 0 radical (unpaired) electrons. The van der Waals surface area contributed by atoms with Crippen molar-refractivity contribution in [2.75, 3.05) is 26.2 Å². The molecule has 1 aliphatic rings. The molecule has 1 heterocycles. The zero-order valence-electron chi connectivity index (χ0n) is 11.6. The number of benzene rings is 1. The second-order valence-corrected chi connectivity index (χ2v) is 5.45.